The lowest BCUT2D eigenvalue weighted by molar-refractivity contribution is -0.118. The molecule has 1 saturated heterocycles. The quantitative estimate of drug-likeness (QED) is 0.636. The van der Waals surface area contributed by atoms with Crippen molar-refractivity contribution in [2.24, 2.45) is 0 Å². The summed E-state index contributed by atoms with van der Waals surface area (Å²) in [5.41, 5.74) is 1.41. The summed E-state index contributed by atoms with van der Waals surface area (Å²) in [5.74, 6) is 0.687. The van der Waals surface area contributed by atoms with E-state index in [1.54, 1.807) is 24.3 Å². The number of amides is 2. The zero-order valence-electron chi connectivity index (χ0n) is 16.4. The first-order valence-electron chi connectivity index (χ1n) is 9.87. The molecule has 1 heterocycles. The maximum absolute atomic E-state index is 12.1. The van der Waals surface area contributed by atoms with Crippen molar-refractivity contribution in [1.29, 1.82) is 0 Å². The third-order valence-electron chi connectivity index (χ3n) is 4.48. The van der Waals surface area contributed by atoms with Crippen molar-refractivity contribution in [2.75, 3.05) is 50.1 Å². The van der Waals surface area contributed by atoms with Crippen LogP contribution in [0.1, 0.15) is 12.8 Å². The van der Waals surface area contributed by atoms with Gasteiger partial charge in [-0.15, -0.1) is 0 Å². The van der Waals surface area contributed by atoms with Crippen LogP contribution in [0.5, 0.6) is 5.75 Å². The molecule has 3 rings (SSSR count). The predicted octanol–water partition coefficient (Wildman–Crippen LogP) is 2.76. The van der Waals surface area contributed by atoms with Gasteiger partial charge in [0, 0.05) is 30.9 Å². The second-order valence-electron chi connectivity index (χ2n) is 6.83. The number of nitrogens with zero attached hydrogens (tertiary/aromatic N) is 1. The number of carbonyl (C=O) groups is 2. The highest BCUT2D eigenvalue weighted by Gasteiger charge is 2.14. The van der Waals surface area contributed by atoms with E-state index in [9.17, 15) is 9.59 Å². The van der Waals surface area contributed by atoms with Crippen molar-refractivity contribution in [3.05, 3.63) is 54.6 Å². The van der Waals surface area contributed by atoms with Crippen LogP contribution in [0.4, 0.5) is 11.4 Å². The highest BCUT2D eigenvalue weighted by Crippen LogP contribution is 2.14. The fourth-order valence-electron chi connectivity index (χ4n) is 2.96. The highest BCUT2D eigenvalue weighted by atomic mass is 16.5. The predicted molar refractivity (Wildman–Crippen MR) is 112 cm³/mol. The first-order chi connectivity index (χ1) is 14.2. The molecule has 0 spiro atoms. The van der Waals surface area contributed by atoms with E-state index in [1.807, 2.05) is 30.3 Å². The van der Waals surface area contributed by atoms with Crippen LogP contribution in [0.3, 0.4) is 0 Å². The molecule has 2 aromatic rings. The smallest absolute Gasteiger partial charge is 0.238 e. The number of para-hydroxylation sites is 1. The highest BCUT2D eigenvalue weighted by molar-refractivity contribution is 5.93. The summed E-state index contributed by atoms with van der Waals surface area (Å²) < 4.78 is 10.9. The van der Waals surface area contributed by atoms with E-state index in [-0.39, 0.29) is 11.8 Å². The molecule has 0 aromatic heterocycles. The molecular formula is C22H27N3O4. The average molecular weight is 397 g/mol. The van der Waals surface area contributed by atoms with Gasteiger partial charge < -0.3 is 20.1 Å². The van der Waals surface area contributed by atoms with Crippen LogP contribution in [-0.2, 0) is 14.3 Å². The van der Waals surface area contributed by atoms with Gasteiger partial charge >= 0.3 is 0 Å². The van der Waals surface area contributed by atoms with Crippen LogP contribution in [0.25, 0.3) is 0 Å². The number of hydrogen-bond acceptors (Lipinski definition) is 5. The summed E-state index contributed by atoms with van der Waals surface area (Å²) in [7, 11) is 0. The normalized spacial score (nSPS) is 14.2. The topological polar surface area (TPSA) is 79.9 Å². The minimum atomic E-state index is -0.0641. The lowest BCUT2D eigenvalue weighted by Crippen LogP contribution is -2.41. The van der Waals surface area contributed by atoms with Gasteiger partial charge in [0.05, 0.1) is 26.4 Å². The van der Waals surface area contributed by atoms with Crippen molar-refractivity contribution in [1.82, 2.24) is 4.90 Å². The molecule has 1 aliphatic rings. The Bertz CT molecular complexity index is 774. The molecule has 1 fully saturated rings. The number of rotatable bonds is 9. The number of hydrogen-bond donors (Lipinski definition) is 2. The van der Waals surface area contributed by atoms with Gasteiger partial charge in [-0.3, -0.25) is 14.5 Å². The number of anilines is 2. The SMILES string of the molecule is O=C(CCCOc1ccccc1)Nc1ccc(NC(=O)CN2CCOCC2)cc1. The molecule has 0 aliphatic carbocycles. The minimum Gasteiger partial charge on any atom is -0.494 e. The maximum atomic E-state index is 12.1. The largest absolute Gasteiger partial charge is 0.494 e. The Labute approximate surface area is 171 Å². The third-order valence-corrected chi connectivity index (χ3v) is 4.48. The van der Waals surface area contributed by atoms with Crippen LogP contribution < -0.4 is 15.4 Å². The van der Waals surface area contributed by atoms with Crippen LogP contribution in [-0.4, -0.2) is 56.2 Å². The molecule has 2 amide bonds. The van der Waals surface area contributed by atoms with Gasteiger partial charge in [-0.05, 0) is 42.8 Å². The summed E-state index contributed by atoms with van der Waals surface area (Å²) >= 11 is 0. The second-order valence-corrected chi connectivity index (χ2v) is 6.83. The minimum absolute atomic E-state index is 0.0536. The molecule has 0 atom stereocenters. The molecule has 0 radical (unpaired) electrons. The third kappa shape index (κ3) is 7.56. The van der Waals surface area contributed by atoms with Gasteiger partial charge in [0.1, 0.15) is 5.75 Å². The standard InChI is InChI=1S/C22H27N3O4/c26-21(7-4-14-29-20-5-2-1-3-6-20)23-18-8-10-19(11-9-18)24-22(27)17-25-12-15-28-16-13-25/h1-3,5-6,8-11H,4,7,12-17H2,(H,23,26)(H,24,27). The summed E-state index contributed by atoms with van der Waals surface area (Å²) in [5, 5.41) is 5.73. The molecule has 7 heteroatoms. The first-order valence-corrected chi connectivity index (χ1v) is 9.87. The lowest BCUT2D eigenvalue weighted by Gasteiger charge is -2.25. The Morgan fingerprint density at radius 3 is 2.17 bits per heavy atom. The van der Waals surface area contributed by atoms with Crippen LogP contribution in [0.2, 0.25) is 0 Å². The Kier molecular flexibility index (Phi) is 8.03. The van der Waals surface area contributed by atoms with Gasteiger partial charge in [0.2, 0.25) is 11.8 Å². The van der Waals surface area contributed by atoms with Crippen molar-refractivity contribution in [3.63, 3.8) is 0 Å². The molecule has 2 N–H and O–H groups in total. The van der Waals surface area contributed by atoms with Crippen LogP contribution >= 0.6 is 0 Å². The molecule has 0 unspecified atom stereocenters. The fraction of sp³-hybridized carbons (Fsp3) is 0.364. The van der Waals surface area contributed by atoms with E-state index in [2.05, 4.69) is 15.5 Å². The summed E-state index contributed by atoms with van der Waals surface area (Å²) in [6.07, 6.45) is 1.02. The molecule has 0 bridgehead atoms. The van der Waals surface area contributed by atoms with Gasteiger partial charge in [0.25, 0.3) is 0 Å². The Morgan fingerprint density at radius 1 is 0.897 bits per heavy atom. The second kappa shape index (κ2) is 11.2. The number of carbonyl (C=O) groups excluding carboxylic acids is 2. The monoisotopic (exact) mass is 397 g/mol. The number of benzene rings is 2. The van der Waals surface area contributed by atoms with E-state index in [1.165, 1.54) is 0 Å². The number of ether oxygens (including phenoxy) is 2. The number of morpholine rings is 1. The molecule has 154 valence electrons. The van der Waals surface area contributed by atoms with Gasteiger partial charge in [-0.25, -0.2) is 0 Å². The molecule has 29 heavy (non-hydrogen) atoms. The van der Waals surface area contributed by atoms with Gasteiger partial charge in [-0.1, -0.05) is 18.2 Å². The summed E-state index contributed by atoms with van der Waals surface area (Å²) in [6.45, 7) is 3.72. The van der Waals surface area contributed by atoms with Crippen LogP contribution in [0.15, 0.2) is 54.6 Å². The molecule has 1 aliphatic heterocycles. The average Bonchev–Trinajstić information content (AvgIpc) is 2.74. The Balaban J connectivity index is 1.34. The van der Waals surface area contributed by atoms with E-state index < -0.39 is 0 Å². The molecular weight excluding hydrogens is 370 g/mol. The zero-order chi connectivity index (χ0) is 20.3. The first kappa shape index (κ1) is 20.8. The zero-order valence-corrected chi connectivity index (χ0v) is 16.4. The Hall–Kier alpha value is -2.90. The fourth-order valence-corrected chi connectivity index (χ4v) is 2.96. The van der Waals surface area contributed by atoms with E-state index >= 15 is 0 Å². The summed E-state index contributed by atoms with van der Waals surface area (Å²) in [4.78, 5) is 26.2. The maximum Gasteiger partial charge on any atom is 0.238 e. The van der Waals surface area contributed by atoms with Gasteiger partial charge in [-0.2, -0.15) is 0 Å². The van der Waals surface area contributed by atoms with Gasteiger partial charge in [0.15, 0.2) is 0 Å². The molecule has 7 nitrogen and oxygen atoms in total. The van der Waals surface area contributed by atoms with Crippen molar-refractivity contribution >= 4 is 23.2 Å². The van der Waals surface area contributed by atoms with E-state index in [0.717, 1.165) is 18.8 Å². The van der Waals surface area contributed by atoms with Crippen molar-refractivity contribution < 1.29 is 19.1 Å². The lowest BCUT2D eigenvalue weighted by atomic mass is 10.2. The molecule has 0 saturated carbocycles. The summed E-state index contributed by atoms with van der Waals surface area (Å²) in [6, 6.07) is 16.7. The number of nitrogens with one attached hydrogen (secondary N) is 2. The van der Waals surface area contributed by atoms with Crippen LogP contribution in [0, 0.1) is 0 Å². The Morgan fingerprint density at radius 2 is 1.52 bits per heavy atom. The molecule has 2 aromatic carbocycles. The van der Waals surface area contributed by atoms with Crippen molar-refractivity contribution in [2.45, 2.75) is 12.8 Å². The van der Waals surface area contributed by atoms with E-state index in [4.69, 9.17) is 9.47 Å². The van der Waals surface area contributed by atoms with Crippen molar-refractivity contribution in [3.8, 4) is 5.75 Å². The van der Waals surface area contributed by atoms with E-state index in [0.29, 0.717) is 50.6 Å².